The molecule has 0 radical (unpaired) electrons. The molecule has 0 aliphatic carbocycles. The van der Waals surface area contributed by atoms with Gasteiger partial charge in [0.25, 0.3) is 0 Å². The standard InChI is InChI=1S/C16H10N2O/c19-16-8-6-14-10-12(5-7-15(14)18-16)3-4-13-2-1-9-17-11-13/h1-2,5-11H,(H,18,19). The number of fused-ring (bicyclic) bond motifs is 1. The molecule has 3 nitrogen and oxygen atoms in total. The molecule has 1 aromatic carbocycles. The molecule has 0 aliphatic heterocycles. The third-order valence-electron chi connectivity index (χ3n) is 2.74. The minimum absolute atomic E-state index is 0.0957. The Kier molecular flexibility index (Phi) is 2.83. The van der Waals surface area contributed by atoms with Gasteiger partial charge in [0.2, 0.25) is 5.56 Å². The van der Waals surface area contributed by atoms with Gasteiger partial charge in [-0.3, -0.25) is 9.78 Å². The number of benzene rings is 1. The van der Waals surface area contributed by atoms with E-state index >= 15 is 0 Å². The molecule has 0 bridgehead atoms. The summed E-state index contributed by atoms with van der Waals surface area (Å²) in [7, 11) is 0. The van der Waals surface area contributed by atoms with Crippen molar-refractivity contribution in [2.75, 3.05) is 0 Å². The van der Waals surface area contributed by atoms with Crippen LogP contribution in [-0.2, 0) is 0 Å². The fourth-order valence-corrected chi connectivity index (χ4v) is 1.81. The lowest BCUT2D eigenvalue weighted by molar-refractivity contribution is 1.31. The Balaban J connectivity index is 2.01. The van der Waals surface area contributed by atoms with Crippen LogP contribution in [0.15, 0.2) is 59.7 Å². The highest BCUT2D eigenvalue weighted by Crippen LogP contribution is 2.11. The third kappa shape index (κ3) is 2.53. The van der Waals surface area contributed by atoms with Crippen molar-refractivity contribution in [3.05, 3.63) is 76.3 Å². The number of aromatic amines is 1. The number of pyridine rings is 2. The normalized spacial score (nSPS) is 9.89. The first-order chi connectivity index (χ1) is 9.31. The van der Waals surface area contributed by atoms with E-state index in [1.54, 1.807) is 18.5 Å². The first-order valence-corrected chi connectivity index (χ1v) is 5.86. The van der Waals surface area contributed by atoms with Gasteiger partial charge in [0.1, 0.15) is 0 Å². The third-order valence-corrected chi connectivity index (χ3v) is 2.74. The minimum Gasteiger partial charge on any atom is -0.322 e. The van der Waals surface area contributed by atoms with Crippen molar-refractivity contribution in [2.45, 2.75) is 0 Å². The van der Waals surface area contributed by atoms with Crippen LogP contribution in [0.4, 0.5) is 0 Å². The molecule has 0 spiro atoms. The van der Waals surface area contributed by atoms with Gasteiger partial charge in [-0.2, -0.15) is 0 Å². The number of H-pyrrole nitrogens is 1. The van der Waals surface area contributed by atoms with Gasteiger partial charge in [0.15, 0.2) is 0 Å². The Hall–Kier alpha value is -2.86. The van der Waals surface area contributed by atoms with Crippen molar-refractivity contribution in [2.24, 2.45) is 0 Å². The zero-order chi connectivity index (χ0) is 13.1. The summed E-state index contributed by atoms with van der Waals surface area (Å²) in [5.74, 6) is 6.14. The lowest BCUT2D eigenvalue weighted by Gasteiger charge is -1.97. The fourth-order valence-electron chi connectivity index (χ4n) is 1.81. The molecule has 90 valence electrons. The van der Waals surface area contributed by atoms with E-state index in [2.05, 4.69) is 21.8 Å². The highest BCUT2D eigenvalue weighted by Gasteiger charge is 1.95. The van der Waals surface area contributed by atoms with Crippen LogP contribution in [0.5, 0.6) is 0 Å². The maximum Gasteiger partial charge on any atom is 0.248 e. The Morgan fingerprint density at radius 3 is 2.74 bits per heavy atom. The summed E-state index contributed by atoms with van der Waals surface area (Å²) in [6.45, 7) is 0. The first-order valence-electron chi connectivity index (χ1n) is 5.86. The largest absolute Gasteiger partial charge is 0.322 e. The molecule has 1 N–H and O–H groups in total. The molecule has 2 heterocycles. The summed E-state index contributed by atoms with van der Waals surface area (Å²) in [4.78, 5) is 18.0. The van der Waals surface area contributed by atoms with Crippen molar-refractivity contribution in [1.29, 1.82) is 0 Å². The van der Waals surface area contributed by atoms with Crippen molar-refractivity contribution < 1.29 is 0 Å². The van der Waals surface area contributed by atoms with Gasteiger partial charge < -0.3 is 4.98 Å². The van der Waals surface area contributed by atoms with Crippen molar-refractivity contribution in [3.63, 3.8) is 0 Å². The first kappa shape index (κ1) is 11.2. The summed E-state index contributed by atoms with van der Waals surface area (Å²) >= 11 is 0. The van der Waals surface area contributed by atoms with Gasteiger partial charge in [-0.25, -0.2) is 0 Å². The molecule has 2 aromatic heterocycles. The van der Waals surface area contributed by atoms with Crippen molar-refractivity contribution in [1.82, 2.24) is 9.97 Å². The zero-order valence-corrected chi connectivity index (χ0v) is 10.1. The maximum atomic E-state index is 11.2. The average molecular weight is 246 g/mol. The highest BCUT2D eigenvalue weighted by molar-refractivity contribution is 5.79. The quantitative estimate of drug-likeness (QED) is 0.619. The van der Waals surface area contributed by atoms with Crippen LogP contribution in [0.1, 0.15) is 11.1 Å². The van der Waals surface area contributed by atoms with E-state index in [4.69, 9.17) is 0 Å². The van der Waals surface area contributed by atoms with Crippen LogP contribution < -0.4 is 5.56 Å². The molecular weight excluding hydrogens is 236 g/mol. The molecule has 0 amide bonds. The molecule has 0 fully saturated rings. The van der Waals surface area contributed by atoms with Gasteiger partial charge in [-0.15, -0.1) is 0 Å². The van der Waals surface area contributed by atoms with Crippen LogP contribution in [-0.4, -0.2) is 9.97 Å². The minimum atomic E-state index is -0.0957. The second-order valence-electron chi connectivity index (χ2n) is 4.12. The van der Waals surface area contributed by atoms with Gasteiger partial charge in [0, 0.05) is 35.1 Å². The van der Waals surface area contributed by atoms with Gasteiger partial charge in [-0.05, 0) is 41.8 Å². The van der Waals surface area contributed by atoms with Crippen LogP contribution in [0.3, 0.4) is 0 Å². The van der Waals surface area contributed by atoms with Gasteiger partial charge >= 0.3 is 0 Å². The average Bonchev–Trinajstić information content (AvgIpc) is 2.46. The Morgan fingerprint density at radius 1 is 1.00 bits per heavy atom. The smallest absolute Gasteiger partial charge is 0.248 e. The number of hydrogen-bond donors (Lipinski definition) is 1. The summed E-state index contributed by atoms with van der Waals surface area (Å²) in [5, 5.41) is 0.970. The van der Waals surface area contributed by atoms with Gasteiger partial charge in [-0.1, -0.05) is 11.8 Å². The molecule has 0 unspecified atom stereocenters. The molecule has 0 saturated heterocycles. The Bertz CT molecular complexity index is 839. The number of aromatic nitrogens is 2. The van der Waals surface area contributed by atoms with E-state index in [9.17, 15) is 4.79 Å². The van der Waals surface area contributed by atoms with Crippen LogP contribution in [0.2, 0.25) is 0 Å². The lowest BCUT2D eigenvalue weighted by atomic mass is 10.1. The fraction of sp³-hybridized carbons (Fsp3) is 0. The number of hydrogen-bond acceptors (Lipinski definition) is 2. The van der Waals surface area contributed by atoms with Crippen LogP contribution in [0.25, 0.3) is 10.9 Å². The van der Waals surface area contributed by atoms with E-state index in [-0.39, 0.29) is 5.56 Å². The van der Waals surface area contributed by atoms with Crippen molar-refractivity contribution >= 4 is 10.9 Å². The van der Waals surface area contributed by atoms with Crippen LogP contribution >= 0.6 is 0 Å². The molecule has 3 aromatic rings. The van der Waals surface area contributed by atoms with Gasteiger partial charge in [0.05, 0.1) is 0 Å². The molecule has 0 aliphatic rings. The zero-order valence-electron chi connectivity index (χ0n) is 10.1. The van der Waals surface area contributed by atoms with E-state index in [0.29, 0.717) is 0 Å². The van der Waals surface area contributed by atoms with Crippen molar-refractivity contribution in [3.8, 4) is 11.8 Å². The molecule has 3 rings (SSSR count). The predicted molar refractivity (Wildman–Crippen MR) is 74.8 cm³/mol. The molecule has 0 atom stereocenters. The predicted octanol–water partition coefficient (Wildman–Crippen LogP) is 2.32. The van der Waals surface area contributed by atoms with E-state index in [1.165, 1.54) is 6.07 Å². The SMILES string of the molecule is O=c1ccc2cc(C#Cc3cccnc3)ccc2[nH]1. The summed E-state index contributed by atoms with van der Waals surface area (Å²) in [5.41, 5.74) is 2.51. The molecule has 3 heteroatoms. The number of nitrogens with zero attached hydrogens (tertiary/aromatic N) is 1. The van der Waals surface area contributed by atoms with E-state index < -0.39 is 0 Å². The number of nitrogens with one attached hydrogen (secondary N) is 1. The highest BCUT2D eigenvalue weighted by atomic mass is 16.1. The Morgan fingerprint density at radius 2 is 1.89 bits per heavy atom. The van der Waals surface area contributed by atoms with Crippen LogP contribution in [0, 0.1) is 11.8 Å². The molecule has 19 heavy (non-hydrogen) atoms. The lowest BCUT2D eigenvalue weighted by Crippen LogP contribution is -2.01. The number of rotatable bonds is 0. The summed E-state index contributed by atoms with van der Waals surface area (Å²) in [6, 6.07) is 12.8. The summed E-state index contributed by atoms with van der Waals surface area (Å²) in [6.07, 6.45) is 3.45. The molecular formula is C16H10N2O. The monoisotopic (exact) mass is 246 g/mol. The topological polar surface area (TPSA) is 45.8 Å². The van der Waals surface area contributed by atoms with E-state index in [1.807, 2.05) is 30.3 Å². The summed E-state index contributed by atoms with van der Waals surface area (Å²) < 4.78 is 0. The van der Waals surface area contributed by atoms with E-state index in [0.717, 1.165) is 22.0 Å². The molecule has 0 saturated carbocycles. The second-order valence-corrected chi connectivity index (χ2v) is 4.12. The second kappa shape index (κ2) is 4.79. The maximum absolute atomic E-state index is 11.2. The Labute approximate surface area is 110 Å².